The summed E-state index contributed by atoms with van der Waals surface area (Å²) in [6.07, 6.45) is 3.65. The zero-order valence-electron chi connectivity index (χ0n) is 58.1. The highest BCUT2D eigenvalue weighted by molar-refractivity contribution is 5.92. The van der Waals surface area contributed by atoms with Gasteiger partial charge in [-0.1, -0.05) is 231 Å². The van der Waals surface area contributed by atoms with Gasteiger partial charge >= 0.3 is 0 Å². The Hall–Kier alpha value is -12.5. The van der Waals surface area contributed by atoms with Gasteiger partial charge in [0.25, 0.3) is 0 Å². The number of aryl methyl sites for hydroxylation is 4. The van der Waals surface area contributed by atoms with Gasteiger partial charge in [0, 0.05) is 46.3 Å². The molecule has 0 bridgehead atoms. The molecule has 14 aromatic rings. The van der Waals surface area contributed by atoms with Crippen molar-refractivity contribution in [3.05, 3.63) is 429 Å². The number of halogens is 4. The Morgan fingerprint density at radius 3 is 1.03 bits per heavy atom. The van der Waals surface area contributed by atoms with Gasteiger partial charge < -0.3 is 19.3 Å². The van der Waals surface area contributed by atoms with E-state index in [2.05, 4.69) is 211 Å². The molecule has 2 atom stereocenters. The van der Waals surface area contributed by atoms with Crippen LogP contribution in [0.1, 0.15) is 89.0 Å². The molecule has 0 saturated carbocycles. The molecule has 506 valence electrons. The topological polar surface area (TPSA) is 24.9 Å². The lowest BCUT2D eigenvalue weighted by Crippen LogP contribution is -2.30. The summed E-state index contributed by atoms with van der Waals surface area (Å²) in [5, 5.41) is 0. The van der Waals surface area contributed by atoms with Crippen LogP contribution in [0.4, 0.5) is 51.7 Å². The van der Waals surface area contributed by atoms with E-state index in [1.54, 1.807) is 12.1 Å². The van der Waals surface area contributed by atoms with Crippen LogP contribution in [-0.4, -0.2) is 0 Å². The van der Waals surface area contributed by atoms with Crippen molar-refractivity contribution in [1.82, 2.24) is 0 Å². The molecule has 16 rings (SSSR count). The summed E-state index contributed by atoms with van der Waals surface area (Å²) < 4.78 is 74.7. The highest BCUT2D eigenvalue weighted by Crippen LogP contribution is 2.60. The summed E-state index contributed by atoms with van der Waals surface area (Å²) in [4.78, 5) is 3.95. The predicted octanol–water partition coefficient (Wildman–Crippen LogP) is 25.3. The first kappa shape index (κ1) is 66.1. The molecule has 0 spiro atoms. The summed E-state index contributed by atoms with van der Waals surface area (Å²) >= 11 is 0. The van der Waals surface area contributed by atoms with Crippen molar-refractivity contribution in [3.8, 4) is 44.9 Å². The monoisotopic (exact) mass is 1360 g/mol. The van der Waals surface area contributed by atoms with E-state index in [-0.39, 0.29) is 0 Å². The SMILES string of the molecule is C=Cc1ccc(COc2ccc(C3(c4cc(C)ccc4C)c4ccccc4-c4ccc(N(c5ccc(-c6ccc(N(c7ccc(F)c(F)c7)c7ccc8c(c7)C(c7ccc(OCc9ccc(C=C)cc9)cc7)(c7cc(C)ccc7C)c7ccccc7-8)cc6)cc5)c5ccc(F)c(F)c5)cc43)cc2)cc1. The first-order valence-corrected chi connectivity index (χ1v) is 34.9. The second kappa shape index (κ2) is 27.1. The Balaban J connectivity index is 0.772. The summed E-state index contributed by atoms with van der Waals surface area (Å²) in [7, 11) is 0. The van der Waals surface area contributed by atoms with Crippen LogP contribution in [0.3, 0.4) is 0 Å². The third kappa shape index (κ3) is 11.6. The number of hydrogen-bond acceptors (Lipinski definition) is 4. The van der Waals surface area contributed by atoms with Crippen LogP contribution in [0.5, 0.6) is 11.5 Å². The fourth-order valence-electron chi connectivity index (χ4n) is 15.8. The predicted molar refractivity (Wildman–Crippen MR) is 416 cm³/mol. The van der Waals surface area contributed by atoms with Crippen molar-refractivity contribution in [1.29, 1.82) is 0 Å². The zero-order valence-corrected chi connectivity index (χ0v) is 58.1. The Bertz CT molecular complexity index is 5280. The lowest BCUT2D eigenvalue weighted by atomic mass is 9.66. The van der Waals surface area contributed by atoms with Gasteiger partial charge in [-0.2, -0.15) is 0 Å². The summed E-state index contributed by atoms with van der Waals surface area (Å²) in [5.41, 5.74) is 25.5. The van der Waals surface area contributed by atoms with Gasteiger partial charge in [0.05, 0.1) is 10.8 Å². The lowest BCUT2D eigenvalue weighted by Gasteiger charge is -2.36. The van der Waals surface area contributed by atoms with E-state index in [0.29, 0.717) is 36.0 Å². The normalized spacial score (nSPS) is 14.6. The molecule has 104 heavy (non-hydrogen) atoms. The van der Waals surface area contributed by atoms with E-state index < -0.39 is 34.1 Å². The van der Waals surface area contributed by atoms with Gasteiger partial charge in [-0.05, 0) is 236 Å². The van der Waals surface area contributed by atoms with Gasteiger partial charge in [-0.3, -0.25) is 0 Å². The molecule has 2 unspecified atom stereocenters. The minimum atomic E-state index is -0.972. The van der Waals surface area contributed by atoms with Crippen LogP contribution in [0.2, 0.25) is 0 Å². The standard InChI is InChI=1S/C96H72F4N2O2/c1-7-65-21-25-67(26-22-65)59-103-79-45-33-71(34-46-79)95(87-53-61(3)17-19-63(87)5)85-15-11-9-13-81(85)83-49-41-75(55-89(83)95)101(77-43-51-91(97)93(99)57-77)73-37-29-69(30-38-73)70-31-39-74(40-32-70)102(78-44-52-92(98)94(100)58-78)76-42-50-84-82-14-10-12-16-86(82)96(90(84)56-76,88-54-62(4)18-20-64(88)6)72-35-47-80(48-36-72)104-60-68-27-23-66(8-2)24-28-68/h7-58H,1-2,59-60H2,3-6H3. The second-order valence-electron chi connectivity index (χ2n) is 27.2. The number of hydrogen-bond donors (Lipinski definition) is 0. The molecule has 8 heteroatoms. The van der Waals surface area contributed by atoms with Crippen molar-refractivity contribution in [2.24, 2.45) is 0 Å². The van der Waals surface area contributed by atoms with Crippen LogP contribution in [-0.2, 0) is 24.0 Å². The smallest absolute Gasteiger partial charge is 0.160 e. The van der Waals surface area contributed by atoms with E-state index >= 15 is 17.6 Å². The molecule has 0 saturated heterocycles. The summed E-state index contributed by atoms with van der Waals surface area (Å²) in [6.45, 7) is 17.2. The molecule has 0 aliphatic heterocycles. The third-order valence-electron chi connectivity index (χ3n) is 20.9. The highest BCUT2D eigenvalue weighted by Gasteiger charge is 2.49. The maximum Gasteiger partial charge on any atom is 0.160 e. The van der Waals surface area contributed by atoms with Crippen molar-refractivity contribution in [2.75, 3.05) is 9.80 Å². The average Bonchev–Trinajstić information content (AvgIpc) is 1.54. The van der Waals surface area contributed by atoms with Gasteiger partial charge in [0.2, 0.25) is 0 Å². The Morgan fingerprint density at radius 1 is 0.308 bits per heavy atom. The minimum Gasteiger partial charge on any atom is -0.489 e. The highest BCUT2D eigenvalue weighted by atomic mass is 19.2. The quantitative estimate of drug-likeness (QED) is 0.0754. The molecule has 14 aromatic carbocycles. The number of anilines is 6. The lowest BCUT2D eigenvalue weighted by molar-refractivity contribution is 0.306. The molecule has 0 amide bonds. The van der Waals surface area contributed by atoms with Crippen LogP contribution >= 0.6 is 0 Å². The van der Waals surface area contributed by atoms with E-state index in [0.717, 1.165) is 145 Å². The number of nitrogens with zero attached hydrogens (tertiary/aromatic N) is 2. The van der Waals surface area contributed by atoms with E-state index in [4.69, 9.17) is 9.47 Å². The van der Waals surface area contributed by atoms with E-state index in [1.165, 1.54) is 24.3 Å². The molecule has 0 heterocycles. The van der Waals surface area contributed by atoms with E-state index in [9.17, 15) is 0 Å². The maximum absolute atomic E-state index is 15.8. The molecule has 0 radical (unpaired) electrons. The number of fused-ring (bicyclic) bond motifs is 6. The molecular formula is C96H72F4N2O2. The van der Waals surface area contributed by atoms with Gasteiger partial charge in [-0.25, -0.2) is 17.6 Å². The first-order valence-electron chi connectivity index (χ1n) is 34.9. The molecular weight excluding hydrogens is 1290 g/mol. The molecule has 0 aromatic heterocycles. The Kier molecular flexibility index (Phi) is 17.2. The Labute approximate surface area is 605 Å². The van der Waals surface area contributed by atoms with Crippen LogP contribution in [0.15, 0.2) is 316 Å². The second-order valence-corrected chi connectivity index (χ2v) is 27.2. The fourth-order valence-corrected chi connectivity index (χ4v) is 15.8. The zero-order chi connectivity index (χ0) is 71.4. The van der Waals surface area contributed by atoms with Crippen LogP contribution in [0.25, 0.3) is 45.5 Å². The van der Waals surface area contributed by atoms with E-state index in [1.807, 2.05) is 119 Å². The molecule has 2 aliphatic rings. The molecule has 0 fully saturated rings. The largest absolute Gasteiger partial charge is 0.489 e. The minimum absolute atomic E-state index is 0.398. The molecule has 0 N–H and O–H groups in total. The van der Waals surface area contributed by atoms with Crippen molar-refractivity contribution < 1.29 is 27.0 Å². The Morgan fingerprint density at radius 2 is 0.654 bits per heavy atom. The van der Waals surface area contributed by atoms with Crippen molar-refractivity contribution in [2.45, 2.75) is 51.7 Å². The molecule has 4 nitrogen and oxygen atoms in total. The molecule has 2 aliphatic carbocycles. The van der Waals surface area contributed by atoms with Gasteiger partial charge in [0.15, 0.2) is 23.3 Å². The number of benzene rings is 14. The summed E-state index contributed by atoms with van der Waals surface area (Å²) in [5.74, 6) is -2.38. The average molecular weight is 1360 g/mol. The van der Waals surface area contributed by atoms with Gasteiger partial charge in [0.1, 0.15) is 24.7 Å². The van der Waals surface area contributed by atoms with Crippen molar-refractivity contribution >= 4 is 46.3 Å². The first-order chi connectivity index (χ1) is 50.7. The van der Waals surface area contributed by atoms with Gasteiger partial charge in [-0.15, -0.1) is 0 Å². The maximum atomic E-state index is 15.8. The summed E-state index contributed by atoms with van der Waals surface area (Å²) in [6, 6.07) is 101. The van der Waals surface area contributed by atoms with Crippen LogP contribution < -0.4 is 19.3 Å². The number of ether oxygens (including phenoxy) is 2. The fraction of sp³-hybridized carbons (Fsp3) is 0.0833. The van der Waals surface area contributed by atoms with Crippen molar-refractivity contribution in [3.63, 3.8) is 0 Å². The van der Waals surface area contributed by atoms with Crippen LogP contribution in [0, 0.1) is 51.0 Å². The number of rotatable bonds is 19. The third-order valence-corrected chi connectivity index (χ3v) is 20.9.